The van der Waals surface area contributed by atoms with Gasteiger partial charge in [0.15, 0.2) is 11.0 Å². The number of hydrogen-bond acceptors (Lipinski definition) is 7. The summed E-state index contributed by atoms with van der Waals surface area (Å²) < 4.78 is 2.07. The molecule has 4 aromatic rings. The first-order valence-electron chi connectivity index (χ1n) is 11.4. The summed E-state index contributed by atoms with van der Waals surface area (Å²) in [5.74, 6) is 2.10. The second kappa shape index (κ2) is 10.1. The number of carbonyl (C=O) groups excluding carboxylic acids is 1. The molecule has 1 aromatic carbocycles. The quantitative estimate of drug-likeness (QED) is 0.343. The second-order valence-corrected chi connectivity index (χ2v) is 10.4. The first kappa shape index (κ1) is 22.7. The van der Waals surface area contributed by atoms with Gasteiger partial charge in [-0.2, -0.15) is 0 Å². The molecule has 1 amide bonds. The molecule has 3 aromatic heterocycles. The molecule has 0 bridgehead atoms. The number of carbonyl (C=O) groups is 1. The van der Waals surface area contributed by atoms with E-state index in [4.69, 9.17) is 0 Å². The van der Waals surface area contributed by atoms with Crippen molar-refractivity contribution in [2.45, 2.75) is 37.6 Å². The standard InChI is InChI=1S/C25H26N6OS2/c1-17-9-12-30(13-10-17)24(32)20-15-33-22(27-20)16-34-25-29-28-23(19-7-5-11-26-14-19)31(25)21-8-4-3-6-18(21)2/h3-8,11,14-15,17H,9-10,12-13,16H2,1-2H3. The van der Waals surface area contributed by atoms with Crippen LogP contribution in [0.5, 0.6) is 0 Å². The molecule has 0 aliphatic carbocycles. The Hall–Kier alpha value is -3.04. The number of hydrogen-bond donors (Lipinski definition) is 0. The number of nitrogens with zero attached hydrogens (tertiary/aromatic N) is 6. The molecule has 5 rings (SSSR count). The Kier molecular flexibility index (Phi) is 6.73. The van der Waals surface area contributed by atoms with Gasteiger partial charge in [-0.15, -0.1) is 21.5 Å². The second-order valence-electron chi connectivity index (χ2n) is 8.56. The monoisotopic (exact) mass is 490 g/mol. The van der Waals surface area contributed by atoms with Gasteiger partial charge in [-0.25, -0.2) is 4.98 Å². The molecular formula is C25H26N6OS2. The highest BCUT2D eigenvalue weighted by molar-refractivity contribution is 7.98. The maximum Gasteiger partial charge on any atom is 0.273 e. The Morgan fingerprint density at radius 3 is 2.74 bits per heavy atom. The number of pyridine rings is 1. The van der Waals surface area contributed by atoms with Crippen molar-refractivity contribution < 1.29 is 4.79 Å². The molecule has 0 unspecified atom stereocenters. The molecule has 174 valence electrons. The van der Waals surface area contributed by atoms with Gasteiger partial charge in [-0.3, -0.25) is 14.3 Å². The number of rotatable bonds is 6. The minimum absolute atomic E-state index is 0.0429. The van der Waals surface area contributed by atoms with Gasteiger partial charge in [0.2, 0.25) is 0 Å². The molecule has 1 aliphatic rings. The number of aryl methyl sites for hydroxylation is 1. The smallest absolute Gasteiger partial charge is 0.273 e. The summed E-state index contributed by atoms with van der Waals surface area (Å²) in [6.45, 7) is 5.96. The van der Waals surface area contributed by atoms with Gasteiger partial charge in [-0.05, 0) is 49.4 Å². The lowest BCUT2D eigenvalue weighted by molar-refractivity contribution is 0.0692. The van der Waals surface area contributed by atoms with Crippen molar-refractivity contribution in [3.8, 4) is 17.1 Å². The van der Waals surface area contributed by atoms with E-state index in [-0.39, 0.29) is 5.91 Å². The maximum absolute atomic E-state index is 12.9. The van der Waals surface area contributed by atoms with Gasteiger partial charge in [0.1, 0.15) is 10.7 Å². The predicted octanol–water partition coefficient (Wildman–Crippen LogP) is 5.26. The van der Waals surface area contributed by atoms with E-state index in [9.17, 15) is 4.79 Å². The Balaban J connectivity index is 1.37. The number of benzene rings is 1. The van der Waals surface area contributed by atoms with Crippen LogP contribution in [0.1, 0.15) is 40.8 Å². The number of amides is 1. The number of thioether (sulfide) groups is 1. The molecule has 1 saturated heterocycles. The van der Waals surface area contributed by atoms with Crippen LogP contribution in [-0.2, 0) is 5.75 Å². The van der Waals surface area contributed by atoms with Crippen LogP contribution in [-0.4, -0.2) is 48.6 Å². The minimum atomic E-state index is 0.0429. The molecule has 1 fully saturated rings. The van der Waals surface area contributed by atoms with E-state index in [0.29, 0.717) is 17.4 Å². The van der Waals surface area contributed by atoms with Gasteiger partial charge < -0.3 is 4.90 Å². The van der Waals surface area contributed by atoms with Crippen LogP contribution in [0.25, 0.3) is 17.1 Å². The van der Waals surface area contributed by atoms with E-state index in [0.717, 1.165) is 58.7 Å². The fourth-order valence-corrected chi connectivity index (χ4v) is 5.78. The van der Waals surface area contributed by atoms with Crippen molar-refractivity contribution in [2.75, 3.05) is 13.1 Å². The summed E-state index contributed by atoms with van der Waals surface area (Å²) in [5.41, 5.74) is 3.62. The molecule has 7 nitrogen and oxygen atoms in total. The number of piperidine rings is 1. The maximum atomic E-state index is 12.9. The summed E-state index contributed by atoms with van der Waals surface area (Å²) in [6.07, 6.45) is 5.67. The third-order valence-electron chi connectivity index (χ3n) is 6.08. The fourth-order valence-electron chi connectivity index (χ4n) is 4.05. The average molecular weight is 491 g/mol. The van der Waals surface area contributed by atoms with Gasteiger partial charge in [0.05, 0.1) is 11.4 Å². The number of likely N-dealkylation sites (tertiary alicyclic amines) is 1. The zero-order valence-electron chi connectivity index (χ0n) is 19.2. The zero-order chi connectivity index (χ0) is 23.5. The Bertz CT molecular complexity index is 1280. The Morgan fingerprint density at radius 2 is 1.97 bits per heavy atom. The largest absolute Gasteiger partial charge is 0.337 e. The zero-order valence-corrected chi connectivity index (χ0v) is 20.9. The van der Waals surface area contributed by atoms with Crippen molar-refractivity contribution in [3.05, 3.63) is 70.4 Å². The van der Waals surface area contributed by atoms with Crippen LogP contribution in [0, 0.1) is 12.8 Å². The van der Waals surface area contributed by atoms with Crippen molar-refractivity contribution in [3.63, 3.8) is 0 Å². The molecule has 34 heavy (non-hydrogen) atoms. The number of para-hydroxylation sites is 1. The molecule has 1 aliphatic heterocycles. The number of aromatic nitrogens is 5. The first-order valence-corrected chi connectivity index (χ1v) is 13.2. The molecule has 0 radical (unpaired) electrons. The van der Waals surface area contributed by atoms with Crippen LogP contribution in [0.15, 0.2) is 59.3 Å². The fraction of sp³-hybridized carbons (Fsp3) is 0.320. The van der Waals surface area contributed by atoms with E-state index >= 15 is 0 Å². The third kappa shape index (κ3) is 4.76. The molecule has 9 heteroatoms. The molecular weight excluding hydrogens is 464 g/mol. The topological polar surface area (TPSA) is 76.8 Å². The Labute approximate surface area is 207 Å². The summed E-state index contributed by atoms with van der Waals surface area (Å²) in [4.78, 5) is 23.7. The van der Waals surface area contributed by atoms with Gasteiger partial charge >= 0.3 is 0 Å². The lowest BCUT2D eigenvalue weighted by Gasteiger charge is -2.29. The van der Waals surface area contributed by atoms with Crippen molar-refractivity contribution in [1.82, 2.24) is 29.6 Å². The highest BCUT2D eigenvalue weighted by Crippen LogP contribution is 2.31. The average Bonchev–Trinajstić information content (AvgIpc) is 3.51. The van der Waals surface area contributed by atoms with Crippen LogP contribution in [0.3, 0.4) is 0 Å². The highest BCUT2D eigenvalue weighted by Gasteiger charge is 2.24. The third-order valence-corrected chi connectivity index (χ3v) is 8.05. The van der Waals surface area contributed by atoms with Crippen molar-refractivity contribution in [1.29, 1.82) is 0 Å². The predicted molar refractivity (Wildman–Crippen MR) is 135 cm³/mol. The van der Waals surface area contributed by atoms with Crippen LogP contribution in [0.4, 0.5) is 0 Å². The van der Waals surface area contributed by atoms with Gasteiger partial charge in [0, 0.05) is 36.4 Å². The van der Waals surface area contributed by atoms with E-state index in [2.05, 4.69) is 50.7 Å². The molecule has 4 heterocycles. The summed E-state index contributed by atoms with van der Waals surface area (Å²) in [6, 6.07) is 12.1. The van der Waals surface area contributed by atoms with Crippen LogP contribution < -0.4 is 0 Å². The van der Waals surface area contributed by atoms with E-state index in [1.165, 1.54) is 11.3 Å². The molecule has 0 spiro atoms. The molecule has 0 N–H and O–H groups in total. The summed E-state index contributed by atoms with van der Waals surface area (Å²) in [5, 5.41) is 12.5. The van der Waals surface area contributed by atoms with Crippen LogP contribution >= 0.6 is 23.1 Å². The molecule has 0 saturated carbocycles. The van der Waals surface area contributed by atoms with E-state index in [1.54, 1.807) is 24.2 Å². The van der Waals surface area contributed by atoms with E-state index < -0.39 is 0 Å². The van der Waals surface area contributed by atoms with Gasteiger partial charge in [0.25, 0.3) is 5.91 Å². The first-order chi connectivity index (χ1) is 16.6. The summed E-state index contributed by atoms with van der Waals surface area (Å²) in [7, 11) is 0. The van der Waals surface area contributed by atoms with Crippen molar-refractivity contribution in [2.24, 2.45) is 5.92 Å². The van der Waals surface area contributed by atoms with Crippen LogP contribution in [0.2, 0.25) is 0 Å². The van der Waals surface area contributed by atoms with Crippen molar-refractivity contribution >= 4 is 29.0 Å². The normalized spacial score (nSPS) is 14.5. The van der Waals surface area contributed by atoms with Gasteiger partial charge in [-0.1, -0.05) is 36.9 Å². The Morgan fingerprint density at radius 1 is 1.15 bits per heavy atom. The lowest BCUT2D eigenvalue weighted by Crippen LogP contribution is -2.38. The minimum Gasteiger partial charge on any atom is -0.337 e. The lowest BCUT2D eigenvalue weighted by atomic mass is 9.99. The highest BCUT2D eigenvalue weighted by atomic mass is 32.2. The molecule has 0 atom stereocenters. The number of thiazole rings is 1. The van der Waals surface area contributed by atoms with E-state index in [1.807, 2.05) is 34.5 Å². The SMILES string of the molecule is Cc1ccccc1-n1c(SCc2nc(C(=O)N3CCC(C)CC3)cs2)nnc1-c1cccnc1. The summed E-state index contributed by atoms with van der Waals surface area (Å²) >= 11 is 3.09.